The molecular formula is C25H29N3O9. The fraction of sp³-hybridized carbons (Fsp3) is 0.440. The van der Waals surface area contributed by atoms with Crippen molar-refractivity contribution in [2.75, 3.05) is 14.1 Å². The highest BCUT2D eigenvalue weighted by molar-refractivity contribution is 6.24. The maximum Gasteiger partial charge on any atom is 0.255 e. The number of hydrogen-bond acceptors (Lipinski definition) is 10. The van der Waals surface area contributed by atoms with E-state index in [4.69, 9.17) is 5.73 Å². The first-order valence-corrected chi connectivity index (χ1v) is 11.6. The Kier molecular flexibility index (Phi) is 6.18. The minimum absolute atomic E-state index is 0.0271. The molecule has 6 atom stereocenters. The summed E-state index contributed by atoms with van der Waals surface area (Å²) in [5.41, 5.74) is 1.63. The van der Waals surface area contributed by atoms with Crippen molar-refractivity contribution in [3.8, 4) is 5.75 Å². The number of amides is 2. The lowest BCUT2D eigenvalue weighted by atomic mass is 9.54. The van der Waals surface area contributed by atoms with Crippen LogP contribution in [0.5, 0.6) is 5.75 Å². The number of carbonyl (C=O) groups is 4. The first-order chi connectivity index (χ1) is 17.2. The smallest absolute Gasteiger partial charge is 0.255 e. The number of likely N-dealkylation sites (N-methyl/N-ethyl adjacent to an activating group) is 1. The quantitative estimate of drug-likeness (QED) is 0.246. The summed E-state index contributed by atoms with van der Waals surface area (Å²) in [4.78, 5) is 52.0. The van der Waals surface area contributed by atoms with Crippen molar-refractivity contribution in [1.29, 1.82) is 0 Å². The van der Waals surface area contributed by atoms with E-state index in [0.717, 1.165) is 0 Å². The molecular weight excluding hydrogens is 486 g/mol. The van der Waals surface area contributed by atoms with Gasteiger partial charge in [-0.15, -0.1) is 0 Å². The van der Waals surface area contributed by atoms with Gasteiger partial charge in [-0.3, -0.25) is 24.1 Å². The predicted octanol–water partition coefficient (Wildman–Crippen LogP) is -0.868. The van der Waals surface area contributed by atoms with E-state index < -0.39 is 81.4 Å². The molecule has 1 aromatic carbocycles. The van der Waals surface area contributed by atoms with Crippen LogP contribution in [0.4, 0.5) is 0 Å². The number of nitrogens with two attached hydrogens (primary N) is 1. The molecule has 1 saturated carbocycles. The van der Waals surface area contributed by atoms with E-state index in [1.807, 2.05) is 0 Å². The standard InChI is InChI=1S/C25H29N3O9/c1-8-12-10(7-27-9(2)29)5-6-11(30)14(12)19(31)15-13(8)20(32)17-18(28(3)4)21(33)16(24(26)36)23(35)25(17,37)22(15)34/h5-6,8,13,17-18,20,30-32,35,37H,7H2,1-4H3,(H2,26,36)(H,27,29)/t8-,13+,17+,18-,20-,25-/m0/s1. The first kappa shape index (κ1) is 26.3. The molecule has 37 heavy (non-hydrogen) atoms. The Morgan fingerprint density at radius 3 is 2.32 bits per heavy atom. The van der Waals surface area contributed by atoms with Crippen LogP contribution in [0.25, 0.3) is 5.76 Å². The van der Waals surface area contributed by atoms with Crippen LogP contribution in [-0.4, -0.2) is 85.7 Å². The highest BCUT2D eigenvalue weighted by atomic mass is 16.4. The van der Waals surface area contributed by atoms with Crippen molar-refractivity contribution in [3.63, 3.8) is 0 Å². The number of aliphatic hydroxyl groups excluding tert-OH is 3. The molecule has 1 aromatic rings. The molecule has 8 N–H and O–H groups in total. The molecule has 1 fully saturated rings. The zero-order valence-electron chi connectivity index (χ0n) is 20.6. The summed E-state index contributed by atoms with van der Waals surface area (Å²) in [5.74, 6) is -9.89. The molecule has 12 heteroatoms. The molecule has 0 radical (unpaired) electrons. The van der Waals surface area contributed by atoms with Gasteiger partial charge in [0, 0.05) is 25.0 Å². The molecule has 3 aliphatic carbocycles. The Morgan fingerprint density at radius 2 is 1.78 bits per heavy atom. The number of phenolic OH excluding ortho intramolecular Hbond substituents is 1. The Balaban J connectivity index is 2.03. The van der Waals surface area contributed by atoms with Crippen LogP contribution in [0, 0.1) is 11.8 Å². The van der Waals surface area contributed by atoms with Gasteiger partial charge in [-0.1, -0.05) is 13.0 Å². The summed E-state index contributed by atoms with van der Waals surface area (Å²) >= 11 is 0. The third-order valence-corrected chi connectivity index (χ3v) is 7.73. The van der Waals surface area contributed by atoms with Gasteiger partial charge in [-0.2, -0.15) is 0 Å². The largest absolute Gasteiger partial charge is 0.508 e. The number of phenols is 1. The maximum absolute atomic E-state index is 13.9. The topological polar surface area (TPSA) is 211 Å². The summed E-state index contributed by atoms with van der Waals surface area (Å²) in [7, 11) is 2.88. The summed E-state index contributed by atoms with van der Waals surface area (Å²) in [5, 5.41) is 58.7. The van der Waals surface area contributed by atoms with Gasteiger partial charge in [0.2, 0.25) is 11.7 Å². The number of fused-ring (bicyclic) bond motifs is 3. The number of ketones is 2. The van der Waals surface area contributed by atoms with Crippen LogP contribution >= 0.6 is 0 Å². The fourth-order valence-corrected chi connectivity index (χ4v) is 6.16. The molecule has 3 aliphatic rings. The first-order valence-electron chi connectivity index (χ1n) is 11.6. The van der Waals surface area contributed by atoms with Crippen LogP contribution < -0.4 is 11.1 Å². The molecule has 0 heterocycles. The number of hydrogen-bond donors (Lipinski definition) is 7. The lowest BCUT2D eigenvalue weighted by Gasteiger charge is -2.53. The zero-order chi connectivity index (χ0) is 27.7. The van der Waals surface area contributed by atoms with Gasteiger partial charge in [-0.25, -0.2) is 0 Å². The Bertz CT molecular complexity index is 1310. The molecule has 0 saturated heterocycles. The van der Waals surface area contributed by atoms with Gasteiger partial charge < -0.3 is 36.6 Å². The second kappa shape index (κ2) is 8.68. The Morgan fingerprint density at radius 1 is 1.16 bits per heavy atom. The second-order valence-electron chi connectivity index (χ2n) is 9.99. The monoisotopic (exact) mass is 515 g/mol. The van der Waals surface area contributed by atoms with E-state index in [1.54, 1.807) is 6.92 Å². The van der Waals surface area contributed by atoms with Gasteiger partial charge in [-0.05, 0) is 37.2 Å². The van der Waals surface area contributed by atoms with Crippen LogP contribution in [0.1, 0.15) is 36.5 Å². The number of carbonyl (C=O) groups excluding carboxylic acids is 4. The van der Waals surface area contributed by atoms with E-state index >= 15 is 0 Å². The van der Waals surface area contributed by atoms with E-state index in [1.165, 1.54) is 38.1 Å². The number of benzene rings is 1. The minimum Gasteiger partial charge on any atom is -0.508 e. The van der Waals surface area contributed by atoms with Crippen LogP contribution in [0.2, 0.25) is 0 Å². The van der Waals surface area contributed by atoms with Crippen molar-refractivity contribution in [2.24, 2.45) is 17.6 Å². The third-order valence-electron chi connectivity index (χ3n) is 7.73. The summed E-state index contributed by atoms with van der Waals surface area (Å²) < 4.78 is 0. The summed E-state index contributed by atoms with van der Waals surface area (Å²) in [6.07, 6.45) is -1.69. The van der Waals surface area contributed by atoms with E-state index in [2.05, 4.69) is 5.32 Å². The van der Waals surface area contributed by atoms with Crippen molar-refractivity contribution in [1.82, 2.24) is 10.2 Å². The van der Waals surface area contributed by atoms with Gasteiger partial charge in [0.05, 0.1) is 23.6 Å². The van der Waals surface area contributed by atoms with Crippen molar-refractivity contribution < 1.29 is 44.7 Å². The maximum atomic E-state index is 13.9. The number of aliphatic hydroxyl groups is 4. The SMILES string of the molecule is CC(=O)NCc1ccc(O)c2c1[C@H](C)[C@@H]1C(=C2O)C(=O)[C@]2(O)C(O)=C(C(N)=O)C(=O)[C@@H](N(C)C)[C@@H]2[C@H]1O. The van der Waals surface area contributed by atoms with Crippen LogP contribution in [-0.2, 0) is 25.7 Å². The van der Waals surface area contributed by atoms with Crippen LogP contribution in [0.3, 0.4) is 0 Å². The fourth-order valence-electron chi connectivity index (χ4n) is 6.16. The summed E-state index contributed by atoms with van der Waals surface area (Å²) in [6, 6.07) is 1.38. The number of nitrogens with one attached hydrogen (secondary N) is 1. The van der Waals surface area contributed by atoms with Gasteiger partial charge >= 0.3 is 0 Å². The normalized spacial score (nSPS) is 31.2. The molecule has 4 rings (SSSR count). The molecule has 0 bridgehead atoms. The second-order valence-corrected chi connectivity index (χ2v) is 9.99. The molecule has 198 valence electrons. The lowest BCUT2D eigenvalue weighted by Crippen LogP contribution is -2.70. The average Bonchev–Trinajstić information content (AvgIpc) is 2.80. The minimum atomic E-state index is -2.97. The van der Waals surface area contributed by atoms with Crippen LogP contribution in [0.15, 0.2) is 29.0 Å². The molecule has 0 unspecified atom stereocenters. The van der Waals surface area contributed by atoms with E-state index in [0.29, 0.717) is 11.1 Å². The average molecular weight is 516 g/mol. The van der Waals surface area contributed by atoms with Crippen molar-refractivity contribution in [3.05, 3.63) is 45.7 Å². The molecule has 2 amide bonds. The number of nitrogens with zero attached hydrogens (tertiary/aromatic N) is 1. The number of primary amides is 1. The van der Waals surface area contributed by atoms with Crippen molar-refractivity contribution >= 4 is 29.1 Å². The zero-order valence-corrected chi connectivity index (χ0v) is 20.6. The Hall–Kier alpha value is -3.74. The lowest BCUT2D eigenvalue weighted by molar-refractivity contribution is -0.169. The highest BCUT2D eigenvalue weighted by Crippen LogP contribution is 2.56. The number of rotatable bonds is 4. The van der Waals surface area contributed by atoms with E-state index in [-0.39, 0.29) is 18.0 Å². The van der Waals surface area contributed by atoms with Gasteiger partial charge in [0.25, 0.3) is 5.91 Å². The molecule has 0 aromatic heterocycles. The van der Waals surface area contributed by atoms with E-state index in [9.17, 15) is 44.7 Å². The predicted molar refractivity (Wildman–Crippen MR) is 128 cm³/mol. The number of aromatic hydroxyl groups is 1. The third kappa shape index (κ3) is 3.47. The number of Topliss-reactive ketones (excluding diaryl/α,β-unsaturated/α-hetero) is 2. The highest BCUT2D eigenvalue weighted by Gasteiger charge is 2.68. The molecule has 0 aliphatic heterocycles. The molecule has 0 spiro atoms. The van der Waals surface area contributed by atoms with Gasteiger partial charge in [0.15, 0.2) is 11.4 Å². The molecule has 12 nitrogen and oxygen atoms in total. The van der Waals surface area contributed by atoms with Gasteiger partial charge in [0.1, 0.15) is 22.8 Å². The van der Waals surface area contributed by atoms with Crippen molar-refractivity contribution in [2.45, 2.75) is 44.1 Å². The summed E-state index contributed by atoms with van der Waals surface area (Å²) in [6.45, 7) is 2.98. The Labute approximate surface area is 211 Å².